The van der Waals surface area contributed by atoms with Crippen LogP contribution in [0.5, 0.6) is 0 Å². The molecule has 0 amide bonds. The van der Waals surface area contributed by atoms with Crippen molar-refractivity contribution >= 4 is 0 Å². The van der Waals surface area contributed by atoms with Crippen LogP contribution in [0.15, 0.2) is 36.9 Å². The number of hydrogen-bond acceptors (Lipinski definition) is 3. The Morgan fingerprint density at radius 1 is 1.32 bits per heavy atom. The van der Waals surface area contributed by atoms with Crippen LogP contribution in [-0.4, -0.2) is 21.1 Å². The quantitative estimate of drug-likeness (QED) is 0.830. The van der Waals surface area contributed by atoms with Crippen LogP contribution in [0.4, 0.5) is 0 Å². The monoisotopic (exact) mass is 258 g/mol. The molecule has 1 N–H and O–H groups in total. The average Bonchev–Trinajstić information content (AvgIpc) is 2.88. The summed E-state index contributed by atoms with van der Waals surface area (Å²) in [6.45, 7) is 6.27. The van der Waals surface area contributed by atoms with E-state index in [4.69, 9.17) is 0 Å². The Kier molecular flexibility index (Phi) is 5.10. The van der Waals surface area contributed by atoms with E-state index in [-0.39, 0.29) is 6.04 Å². The van der Waals surface area contributed by atoms with Crippen molar-refractivity contribution in [3.8, 4) is 0 Å². The molecule has 0 aliphatic heterocycles. The maximum absolute atomic E-state index is 4.53. The zero-order valence-corrected chi connectivity index (χ0v) is 11.7. The molecular formula is C15H22N4. The van der Waals surface area contributed by atoms with Gasteiger partial charge in [-0.2, -0.15) is 0 Å². The molecule has 1 unspecified atom stereocenters. The van der Waals surface area contributed by atoms with Crippen LogP contribution in [-0.2, 0) is 13.0 Å². The highest BCUT2D eigenvalue weighted by Gasteiger charge is 2.16. The fraction of sp³-hybridized carbons (Fsp3) is 0.467. The predicted molar refractivity (Wildman–Crippen MR) is 76.9 cm³/mol. The van der Waals surface area contributed by atoms with Crippen LogP contribution < -0.4 is 5.32 Å². The molecule has 0 bridgehead atoms. The molecule has 0 saturated carbocycles. The lowest BCUT2D eigenvalue weighted by molar-refractivity contribution is 0.487. The topological polar surface area (TPSA) is 42.7 Å². The van der Waals surface area contributed by atoms with Crippen molar-refractivity contribution in [1.82, 2.24) is 19.9 Å². The van der Waals surface area contributed by atoms with Gasteiger partial charge in [-0.3, -0.25) is 4.98 Å². The average molecular weight is 258 g/mol. The van der Waals surface area contributed by atoms with E-state index in [1.807, 2.05) is 24.7 Å². The number of rotatable bonds is 7. The van der Waals surface area contributed by atoms with Crippen molar-refractivity contribution in [2.24, 2.45) is 0 Å². The molecular weight excluding hydrogens is 236 g/mol. The molecule has 102 valence electrons. The van der Waals surface area contributed by atoms with Gasteiger partial charge in [0.05, 0.1) is 6.04 Å². The Morgan fingerprint density at radius 2 is 2.21 bits per heavy atom. The van der Waals surface area contributed by atoms with Crippen molar-refractivity contribution in [3.05, 3.63) is 48.3 Å². The smallest absolute Gasteiger partial charge is 0.126 e. The number of nitrogens with one attached hydrogen (secondary N) is 1. The Balaban J connectivity index is 2.17. The molecule has 0 aliphatic rings. The van der Waals surface area contributed by atoms with Gasteiger partial charge in [0.2, 0.25) is 0 Å². The van der Waals surface area contributed by atoms with E-state index in [9.17, 15) is 0 Å². The number of likely N-dealkylation sites (N-methyl/N-ethyl adjacent to an activating group) is 1. The fourth-order valence-corrected chi connectivity index (χ4v) is 2.32. The highest BCUT2D eigenvalue weighted by Crippen LogP contribution is 2.17. The van der Waals surface area contributed by atoms with Crippen LogP contribution in [0.1, 0.15) is 37.7 Å². The Bertz CT molecular complexity index is 478. The fourth-order valence-electron chi connectivity index (χ4n) is 2.32. The number of hydrogen-bond donors (Lipinski definition) is 1. The lowest BCUT2D eigenvalue weighted by Crippen LogP contribution is -2.26. The lowest BCUT2D eigenvalue weighted by Gasteiger charge is -2.19. The second-order valence-electron chi connectivity index (χ2n) is 4.65. The maximum Gasteiger partial charge on any atom is 0.126 e. The Morgan fingerprint density at radius 3 is 2.89 bits per heavy atom. The molecule has 0 aliphatic carbocycles. The van der Waals surface area contributed by atoms with Gasteiger partial charge in [-0.05, 0) is 31.0 Å². The SMILES string of the molecule is CCCn1ccnc1C(Cc1cccnc1)NCC. The van der Waals surface area contributed by atoms with E-state index in [0.717, 1.165) is 31.8 Å². The summed E-state index contributed by atoms with van der Waals surface area (Å²) in [4.78, 5) is 8.71. The first kappa shape index (κ1) is 13.7. The van der Waals surface area contributed by atoms with Gasteiger partial charge in [0.15, 0.2) is 0 Å². The molecule has 2 heterocycles. The van der Waals surface area contributed by atoms with E-state index in [2.05, 4.69) is 46.0 Å². The summed E-state index contributed by atoms with van der Waals surface area (Å²) >= 11 is 0. The molecule has 0 fully saturated rings. The van der Waals surface area contributed by atoms with Crippen LogP contribution >= 0.6 is 0 Å². The van der Waals surface area contributed by atoms with Gasteiger partial charge >= 0.3 is 0 Å². The van der Waals surface area contributed by atoms with Gasteiger partial charge in [0, 0.05) is 31.3 Å². The summed E-state index contributed by atoms with van der Waals surface area (Å²) in [6.07, 6.45) is 9.73. The van der Waals surface area contributed by atoms with Crippen molar-refractivity contribution in [2.45, 2.75) is 39.3 Å². The molecule has 0 saturated heterocycles. The first-order chi connectivity index (χ1) is 9.35. The summed E-state index contributed by atoms with van der Waals surface area (Å²) in [5.74, 6) is 1.12. The molecule has 1 atom stereocenters. The first-order valence-electron chi connectivity index (χ1n) is 6.98. The maximum atomic E-state index is 4.53. The van der Waals surface area contributed by atoms with Crippen LogP contribution in [0.2, 0.25) is 0 Å². The number of aryl methyl sites for hydroxylation is 1. The summed E-state index contributed by atoms with van der Waals surface area (Å²) in [5, 5.41) is 3.52. The highest BCUT2D eigenvalue weighted by atomic mass is 15.1. The Hall–Kier alpha value is -1.68. The minimum absolute atomic E-state index is 0.246. The molecule has 4 nitrogen and oxygen atoms in total. The third-order valence-corrected chi connectivity index (χ3v) is 3.14. The van der Waals surface area contributed by atoms with Gasteiger partial charge in [-0.25, -0.2) is 4.98 Å². The van der Waals surface area contributed by atoms with E-state index >= 15 is 0 Å². The molecule has 0 aromatic carbocycles. The van der Waals surface area contributed by atoms with E-state index < -0.39 is 0 Å². The summed E-state index contributed by atoms with van der Waals surface area (Å²) in [7, 11) is 0. The van der Waals surface area contributed by atoms with Gasteiger partial charge in [-0.1, -0.05) is 19.9 Å². The first-order valence-corrected chi connectivity index (χ1v) is 6.98. The zero-order valence-electron chi connectivity index (χ0n) is 11.7. The Labute approximate surface area is 114 Å². The van der Waals surface area contributed by atoms with Gasteiger partial charge in [0.1, 0.15) is 5.82 Å². The van der Waals surface area contributed by atoms with Crippen molar-refractivity contribution in [2.75, 3.05) is 6.54 Å². The van der Waals surface area contributed by atoms with Crippen molar-refractivity contribution in [1.29, 1.82) is 0 Å². The van der Waals surface area contributed by atoms with Gasteiger partial charge < -0.3 is 9.88 Å². The molecule has 0 spiro atoms. The zero-order chi connectivity index (χ0) is 13.5. The molecule has 4 heteroatoms. The largest absolute Gasteiger partial charge is 0.334 e. The van der Waals surface area contributed by atoms with Crippen LogP contribution in [0, 0.1) is 0 Å². The third-order valence-electron chi connectivity index (χ3n) is 3.14. The molecule has 19 heavy (non-hydrogen) atoms. The minimum atomic E-state index is 0.246. The van der Waals surface area contributed by atoms with E-state index in [0.29, 0.717) is 0 Å². The van der Waals surface area contributed by atoms with E-state index in [1.165, 1.54) is 5.56 Å². The van der Waals surface area contributed by atoms with Crippen LogP contribution in [0.3, 0.4) is 0 Å². The number of aromatic nitrogens is 3. The van der Waals surface area contributed by atoms with Crippen LogP contribution in [0.25, 0.3) is 0 Å². The van der Waals surface area contributed by atoms with Gasteiger partial charge in [-0.15, -0.1) is 0 Å². The standard InChI is InChI=1S/C15H22N4/c1-3-9-19-10-8-18-15(19)14(17-4-2)11-13-6-5-7-16-12-13/h5-8,10,12,14,17H,3-4,9,11H2,1-2H3. The summed E-state index contributed by atoms with van der Waals surface area (Å²) in [5.41, 5.74) is 1.24. The van der Waals surface area contributed by atoms with Crippen molar-refractivity contribution < 1.29 is 0 Å². The predicted octanol–water partition coefficient (Wildman–Crippen LogP) is 2.58. The lowest BCUT2D eigenvalue weighted by atomic mass is 10.1. The summed E-state index contributed by atoms with van der Waals surface area (Å²) < 4.78 is 2.24. The molecule has 2 aromatic rings. The van der Waals surface area contributed by atoms with Gasteiger partial charge in [0.25, 0.3) is 0 Å². The molecule has 0 radical (unpaired) electrons. The number of pyridine rings is 1. The number of imidazole rings is 1. The highest BCUT2D eigenvalue weighted by molar-refractivity contribution is 5.13. The second kappa shape index (κ2) is 7.04. The normalized spacial score (nSPS) is 12.5. The third kappa shape index (κ3) is 3.64. The molecule has 2 aromatic heterocycles. The van der Waals surface area contributed by atoms with Crippen molar-refractivity contribution in [3.63, 3.8) is 0 Å². The number of nitrogens with zero attached hydrogens (tertiary/aromatic N) is 3. The minimum Gasteiger partial charge on any atom is -0.334 e. The summed E-state index contributed by atoms with van der Waals surface area (Å²) in [6, 6.07) is 4.34. The second-order valence-corrected chi connectivity index (χ2v) is 4.65. The van der Waals surface area contributed by atoms with E-state index in [1.54, 1.807) is 0 Å². The molecule has 2 rings (SSSR count).